The zero-order valence-corrected chi connectivity index (χ0v) is 17.0. The van der Waals surface area contributed by atoms with Gasteiger partial charge in [0, 0.05) is 28.9 Å². The first-order valence-electron chi connectivity index (χ1n) is 9.38. The number of thiol groups is 1. The van der Waals surface area contributed by atoms with Gasteiger partial charge in [-0.1, -0.05) is 18.2 Å². The zero-order valence-electron chi connectivity index (χ0n) is 16.1. The molecule has 0 saturated heterocycles. The molecular formula is C22H16N4O4S. The lowest BCUT2D eigenvalue weighted by Crippen LogP contribution is -1.93. The van der Waals surface area contributed by atoms with E-state index in [4.69, 9.17) is 9.47 Å². The van der Waals surface area contributed by atoms with Gasteiger partial charge in [0.2, 0.25) is 6.79 Å². The molecule has 3 aromatic carbocycles. The van der Waals surface area contributed by atoms with Crippen molar-refractivity contribution in [2.45, 2.75) is 0 Å². The van der Waals surface area contributed by atoms with Gasteiger partial charge in [-0.3, -0.25) is 10.1 Å². The van der Waals surface area contributed by atoms with Crippen molar-refractivity contribution in [3.63, 3.8) is 0 Å². The Kier molecular flexibility index (Phi) is 4.72. The number of hydrogen-bond acceptors (Lipinski definition) is 7. The number of nitro benzene ring substituents is 1. The van der Waals surface area contributed by atoms with Crippen LogP contribution in [0.1, 0.15) is 11.3 Å². The summed E-state index contributed by atoms with van der Waals surface area (Å²) < 4.78 is 12.3. The van der Waals surface area contributed by atoms with Gasteiger partial charge in [-0.05, 0) is 60.9 Å². The van der Waals surface area contributed by atoms with E-state index >= 15 is 0 Å². The average molecular weight is 432 g/mol. The van der Waals surface area contributed by atoms with Crippen LogP contribution in [-0.4, -0.2) is 20.9 Å². The molecule has 0 atom stereocenters. The first kappa shape index (κ1) is 19.0. The van der Waals surface area contributed by atoms with E-state index in [9.17, 15) is 10.1 Å². The maximum absolute atomic E-state index is 11.0. The van der Waals surface area contributed by atoms with Crippen LogP contribution in [0, 0.1) is 10.1 Å². The number of fused-ring (bicyclic) bond motifs is 2. The highest BCUT2D eigenvalue weighted by atomic mass is 32.1. The predicted octanol–water partition coefficient (Wildman–Crippen LogP) is 5.28. The molecule has 1 aliphatic rings. The van der Waals surface area contributed by atoms with Crippen LogP contribution in [-0.2, 0) is 0 Å². The van der Waals surface area contributed by atoms with Crippen LogP contribution in [0.3, 0.4) is 0 Å². The minimum atomic E-state index is -0.421. The molecule has 154 valence electrons. The Morgan fingerprint density at radius 3 is 2.74 bits per heavy atom. The summed E-state index contributed by atoms with van der Waals surface area (Å²) >= 11 is 4.44. The van der Waals surface area contributed by atoms with Crippen molar-refractivity contribution in [3.8, 4) is 11.5 Å². The van der Waals surface area contributed by atoms with E-state index in [1.54, 1.807) is 12.1 Å². The number of non-ortho nitro benzene ring substituents is 1. The van der Waals surface area contributed by atoms with E-state index in [0.717, 1.165) is 39.3 Å². The fraction of sp³-hybridized carbons (Fsp3) is 0.0455. The SMILES string of the molecule is O=[N+]([O-])c1cccc(Nc2ccc3c(/C=C/c4ccc5c(c4)OCO5)nn(S)c3c2)c1. The lowest BCUT2D eigenvalue weighted by molar-refractivity contribution is -0.384. The van der Waals surface area contributed by atoms with E-state index in [0.29, 0.717) is 5.69 Å². The van der Waals surface area contributed by atoms with Gasteiger partial charge in [-0.15, -0.1) is 0 Å². The molecule has 0 saturated carbocycles. The van der Waals surface area contributed by atoms with Crippen LogP contribution in [0.25, 0.3) is 23.1 Å². The molecule has 31 heavy (non-hydrogen) atoms. The molecule has 2 heterocycles. The smallest absolute Gasteiger partial charge is 0.271 e. The number of nitro groups is 1. The van der Waals surface area contributed by atoms with E-state index in [1.807, 2.05) is 48.6 Å². The summed E-state index contributed by atoms with van der Waals surface area (Å²) in [7, 11) is 0. The van der Waals surface area contributed by atoms with Crippen LogP contribution >= 0.6 is 12.8 Å². The highest BCUT2D eigenvalue weighted by Crippen LogP contribution is 2.33. The highest BCUT2D eigenvalue weighted by Gasteiger charge is 2.13. The van der Waals surface area contributed by atoms with Crippen molar-refractivity contribution in [1.82, 2.24) is 9.19 Å². The summed E-state index contributed by atoms with van der Waals surface area (Å²) in [5, 5.41) is 19.6. The summed E-state index contributed by atoms with van der Waals surface area (Å²) in [6, 6.07) is 17.8. The summed E-state index contributed by atoms with van der Waals surface area (Å²) in [5.41, 5.74) is 3.97. The second-order valence-corrected chi connectivity index (χ2v) is 7.26. The Bertz CT molecular complexity index is 1350. The number of benzene rings is 3. The third-order valence-electron chi connectivity index (χ3n) is 4.87. The molecule has 9 heteroatoms. The van der Waals surface area contributed by atoms with Crippen molar-refractivity contribution >= 4 is 52.9 Å². The average Bonchev–Trinajstić information content (AvgIpc) is 3.36. The first-order chi connectivity index (χ1) is 15.1. The number of hydrogen-bond donors (Lipinski definition) is 2. The number of nitrogens with one attached hydrogen (secondary N) is 1. The van der Waals surface area contributed by atoms with Gasteiger partial charge in [0.25, 0.3) is 5.69 Å². The quantitative estimate of drug-likeness (QED) is 0.253. The Morgan fingerprint density at radius 2 is 1.87 bits per heavy atom. The van der Waals surface area contributed by atoms with Gasteiger partial charge < -0.3 is 14.8 Å². The second kappa shape index (κ2) is 7.69. The minimum absolute atomic E-state index is 0.0289. The third kappa shape index (κ3) is 3.78. The van der Waals surface area contributed by atoms with Crippen molar-refractivity contribution in [3.05, 3.63) is 82.0 Å². The molecule has 4 aromatic rings. The highest BCUT2D eigenvalue weighted by molar-refractivity contribution is 7.78. The summed E-state index contributed by atoms with van der Waals surface area (Å²) in [6.45, 7) is 0.240. The molecule has 1 aliphatic heterocycles. The van der Waals surface area contributed by atoms with Crippen molar-refractivity contribution < 1.29 is 14.4 Å². The van der Waals surface area contributed by atoms with Crippen molar-refractivity contribution in [1.29, 1.82) is 0 Å². The van der Waals surface area contributed by atoms with E-state index < -0.39 is 4.92 Å². The molecule has 0 aliphatic carbocycles. The molecule has 0 bridgehead atoms. The molecule has 0 amide bonds. The Labute approximate surface area is 182 Å². The van der Waals surface area contributed by atoms with E-state index in [2.05, 4.69) is 23.2 Å². The molecule has 0 unspecified atom stereocenters. The van der Waals surface area contributed by atoms with E-state index in [1.165, 1.54) is 16.2 Å². The van der Waals surface area contributed by atoms with Gasteiger partial charge in [0.05, 0.1) is 16.1 Å². The van der Waals surface area contributed by atoms with Crippen LogP contribution < -0.4 is 14.8 Å². The van der Waals surface area contributed by atoms with Gasteiger partial charge >= 0.3 is 0 Å². The standard InChI is InChI=1S/C22H16N4O4S/c27-26(28)17-3-1-2-15(11-17)23-16-6-7-18-19(24-25(31)20(18)12-16)8-4-14-5-9-21-22(10-14)30-13-29-21/h1-12,23,31H,13H2/b8-4+. The van der Waals surface area contributed by atoms with Gasteiger partial charge in [-0.25, -0.2) is 4.09 Å². The van der Waals surface area contributed by atoms with Crippen molar-refractivity contribution in [2.75, 3.05) is 12.1 Å². The Hall–Kier alpha value is -3.98. The molecule has 0 fully saturated rings. The van der Waals surface area contributed by atoms with Crippen LogP contribution in [0.15, 0.2) is 60.7 Å². The number of rotatable bonds is 5. The maximum Gasteiger partial charge on any atom is 0.271 e. The maximum atomic E-state index is 11.0. The number of anilines is 2. The lowest BCUT2D eigenvalue weighted by Gasteiger charge is -2.06. The second-order valence-electron chi connectivity index (χ2n) is 6.89. The van der Waals surface area contributed by atoms with Crippen LogP contribution in [0.5, 0.6) is 11.5 Å². The molecule has 8 nitrogen and oxygen atoms in total. The summed E-state index contributed by atoms with van der Waals surface area (Å²) in [4.78, 5) is 10.6. The lowest BCUT2D eigenvalue weighted by atomic mass is 10.1. The number of nitrogens with zero attached hydrogens (tertiary/aromatic N) is 3. The zero-order chi connectivity index (χ0) is 21.4. The number of ether oxygens (including phenoxy) is 2. The first-order valence-corrected chi connectivity index (χ1v) is 9.78. The Morgan fingerprint density at radius 1 is 1.03 bits per heavy atom. The van der Waals surface area contributed by atoms with E-state index in [-0.39, 0.29) is 12.5 Å². The fourth-order valence-corrected chi connectivity index (χ4v) is 3.64. The van der Waals surface area contributed by atoms with Crippen LogP contribution in [0.2, 0.25) is 0 Å². The normalized spacial score (nSPS) is 12.5. The number of aromatic nitrogens is 2. The van der Waals surface area contributed by atoms with Gasteiger partial charge in [0.15, 0.2) is 11.5 Å². The molecule has 1 N–H and O–H groups in total. The molecular weight excluding hydrogens is 416 g/mol. The molecule has 1 aromatic heterocycles. The predicted molar refractivity (Wildman–Crippen MR) is 122 cm³/mol. The van der Waals surface area contributed by atoms with Gasteiger partial charge in [-0.2, -0.15) is 5.10 Å². The van der Waals surface area contributed by atoms with Crippen LogP contribution in [0.4, 0.5) is 17.1 Å². The topological polar surface area (TPSA) is 91.5 Å². The molecule has 0 radical (unpaired) electrons. The van der Waals surface area contributed by atoms with Crippen molar-refractivity contribution in [2.24, 2.45) is 0 Å². The Balaban J connectivity index is 1.41. The largest absolute Gasteiger partial charge is 0.454 e. The third-order valence-corrected chi connectivity index (χ3v) is 5.17. The molecule has 5 rings (SSSR count). The molecule has 0 spiro atoms. The summed E-state index contributed by atoms with van der Waals surface area (Å²) in [6.07, 6.45) is 3.87. The van der Waals surface area contributed by atoms with Gasteiger partial charge in [0.1, 0.15) is 0 Å². The minimum Gasteiger partial charge on any atom is -0.454 e. The monoisotopic (exact) mass is 432 g/mol. The summed E-state index contributed by atoms with van der Waals surface area (Å²) in [5.74, 6) is 1.47. The fourth-order valence-electron chi connectivity index (χ4n) is 3.38.